The highest BCUT2D eigenvalue weighted by Crippen LogP contribution is 2.32. The second-order valence-electron chi connectivity index (χ2n) is 4.40. The van der Waals surface area contributed by atoms with Gasteiger partial charge in [0.2, 0.25) is 0 Å². The molecular formula is C10H16N4O2. The van der Waals surface area contributed by atoms with Crippen LogP contribution in [0.2, 0.25) is 0 Å². The third kappa shape index (κ3) is 2.06. The molecular weight excluding hydrogens is 208 g/mol. The first-order chi connectivity index (χ1) is 7.62. The molecule has 0 aromatic carbocycles. The van der Waals surface area contributed by atoms with Crippen LogP contribution in [-0.4, -0.2) is 39.2 Å². The summed E-state index contributed by atoms with van der Waals surface area (Å²) in [4.78, 5) is 11.4. The maximum absolute atomic E-state index is 11.4. The molecule has 2 heterocycles. The van der Waals surface area contributed by atoms with E-state index in [2.05, 4.69) is 15.6 Å². The molecule has 0 atom stereocenters. The second kappa shape index (κ2) is 4.21. The van der Waals surface area contributed by atoms with E-state index in [-0.39, 0.29) is 0 Å². The zero-order valence-corrected chi connectivity index (χ0v) is 9.31. The molecule has 1 aromatic heterocycles. The summed E-state index contributed by atoms with van der Waals surface area (Å²) in [5.41, 5.74) is 0.0909. The van der Waals surface area contributed by atoms with Gasteiger partial charge in [0, 0.05) is 19.7 Å². The molecule has 0 spiro atoms. The van der Waals surface area contributed by atoms with Gasteiger partial charge >= 0.3 is 5.97 Å². The number of carboxylic acid groups (broad SMARTS) is 1. The molecule has 6 nitrogen and oxygen atoms in total. The topological polar surface area (TPSA) is 80.0 Å². The van der Waals surface area contributed by atoms with Crippen LogP contribution in [0, 0.1) is 5.41 Å². The molecule has 1 aliphatic rings. The van der Waals surface area contributed by atoms with Gasteiger partial charge in [0.1, 0.15) is 0 Å². The summed E-state index contributed by atoms with van der Waals surface area (Å²) in [6.45, 7) is 1.51. The number of nitrogens with one attached hydrogen (secondary N) is 1. The minimum atomic E-state index is -0.723. The smallest absolute Gasteiger partial charge is 0.310 e. The van der Waals surface area contributed by atoms with E-state index in [1.54, 1.807) is 17.9 Å². The van der Waals surface area contributed by atoms with Crippen LogP contribution in [0.25, 0.3) is 0 Å². The van der Waals surface area contributed by atoms with Crippen molar-refractivity contribution in [3.05, 3.63) is 11.9 Å². The van der Waals surface area contributed by atoms with Crippen molar-refractivity contribution in [1.29, 1.82) is 0 Å². The predicted octanol–water partition coefficient (Wildman–Crippen LogP) is -0.188. The Morgan fingerprint density at radius 1 is 1.62 bits per heavy atom. The quantitative estimate of drug-likeness (QED) is 0.744. The summed E-state index contributed by atoms with van der Waals surface area (Å²) in [6, 6.07) is 0. The number of aryl methyl sites for hydroxylation is 1. The summed E-state index contributed by atoms with van der Waals surface area (Å²) in [7, 11) is 1.78. The molecule has 1 aromatic rings. The van der Waals surface area contributed by atoms with Crippen LogP contribution < -0.4 is 5.32 Å². The van der Waals surface area contributed by atoms with E-state index in [1.807, 2.05) is 0 Å². The second-order valence-corrected chi connectivity index (χ2v) is 4.40. The minimum absolute atomic E-state index is 0.470. The number of nitrogens with zero attached hydrogens (tertiary/aromatic N) is 3. The largest absolute Gasteiger partial charge is 0.481 e. The van der Waals surface area contributed by atoms with Crippen LogP contribution in [0.1, 0.15) is 18.5 Å². The van der Waals surface area contributed by atoms with Gasteiger partial charge in [0.05, 0.1) is 11.1 Å². The van der Waals surface area contributed by atoms with Gasteiger partial charge in [-0.3, -0.25) is 9.48 Å². The maximum Gasteiger partial charge on any atom is 0.310 e. The Morgan fingerprint density at radius 2 is 2.31 bits per heavy atom. The average molecular weight is 224 g/mol. The van der Waals surface area contributed by atoms with Gasteiger partial charge in [0.25, 0.3) is 0 Å². The molecule has 2 N–H and O–H groups in total. The maximum atomic E-state index is 11.4. The lowest BCUT2D eigenvalue weighted by molar-refractivity contribution is -0.150. The van der Waals surface area contributed by atoms with Gasteiger partial charge in [0.15, 0.2) is 0 Å². The zero-order chi connectivity index (χ0) is 11.6. The van der Waals surface area contributed by atoms with Gasteiger partial charge in [-0.1, -0.05) is 5.21 Å². The monoisotopic (exact) mass is 224 g/mol. The summed E-state index contributed by atoms with van der Waals surface area (Å²) in [5, 5.41) is 20.4. The molecule has 16 heavy (non-hydrogen) atoms. The molecule has 0 saturated carbocycles. The van der Waals surface area contributed by atoms with Crippen molar-refractivity contribution in [3.63, 3.8) is 0 Å². The SMILES string of the molecule is Cn1cc(CC2(C(=O)O)CCNCC2)nn1. The Bertz CT molecular complexity index is 382. The number of piperidine rings is 1. The van der Waals surface area contributed by atoms with Crippen molar-refractivity contribution in [2.75, 3.05) is 13.1 Å². The first-order valence-corrected chi connectivity index (χ1v) is 5.42. The summed E-state index contributed by atoms with van der Waals surface area (Å²) < 4.78 is 1.60. The molecule has 1 saturated heterocycles. The highest BCUT2D eigenvalue weighted by Gasteiger charge is 2.40. The molecule has 0 unspecified atom stereocenters. The Morgan fingerprint density at radius 3 is 2.81 bits per heavy atom. The third-order valence-electron chi connectivity index (χ3n) is 3.18. The fourth-order valence-electron chi connectivity index (χ4n) is 2.19. The summed E-state index contributed by atoms with van der Waals surface area (Å²) in [5.74, 6) is -0.723. The Labute approximate surface area is 93.6 Å². The third-order valence-corrected chi connectivity index (χ3v) is 3.18. The Balaban J connectivity index is 2.16. The molecule has 0 amide bonds. The molecule has 1 aliphatic heterocycles. The molecule has 0 bridgehead atoms. The standard InChI is InChI=1S/C10H16N4O2/c1-14-7-8(12-13-14)6-10(9(15)16)2-4-11-5-3-10/h7,11H,2-6H2,1H3,(H,15,16). The highest BCUT2D eigenvalue weighted by atomic mass is 16.4. The van der Waals surface area contributed by atoms with Crippen molar-refractivity contribution < 1.29 is 9.90 Å². The Kier molecular flexibility index (Phi) is 2.91. The average Bonchev–Trinajstić information content (AvgIpc) is 2.65. The number of carbonyl (C=O) groups is 1. The van der Waals surface area contributed by atoms with Gasteiger partial charge in [-0.05, 0) is 25.9 Å². The molecule has 6 heteroatoms. The van der Waals surface area contributed by atoms with E-state index < -0.39 is 11.4 Å². The van der Waals surface area contributed by atoms with E-state index in [0.717, 1.165) is 18.8 Å². The van der Waals surface area contributed by atoms with Crippen LogP contribution in [-0.2, 0) is 18.3 Å². The minimum Gasteiger partial charge on any atom is -0.481 e. The molecule has 2 rings (SSSR count). The lowest BCUT2D eigenvalue weighted by atomic mass is 9.75. The van der Waals surface area contributed by atoms with E-state index >= 15 is 0 Å². The zero-order valence-electron chi connectivity index (χ0n) is 9.31. The van der Waals surface area contributed by atoms with E-state index in [0.29, 0.717) is 19.3 Å². The Hall–Kier alpha value is -1.43. The lowest BCUT2D eigenvalue weighted by Crippen LogP contribution is -2.43. The van der Waals surface area contributed by atoms with E-state index in [4.69, 9.17) is 0 Å². The van der Waals surface area contributed by atoms with Crippen molar-refractivity contribution in [2.24, 2.45) is 12.5 Å². The van der Waals surface area contributed by atoms with E-state index in [9.17, 15) is 9.90 Å². The number of aromatic nitrogens is 3. The number of carboxylic acids is 1. The summed E-state index contributed by atoms with van der Waals surface area (Å²) in [6.07, 6.45) is 3.56. The van der Waals surface area contributed by atoms with Gasteiger partial charge in [-0.2, -0.15) is 0 Å². The van der Waals surface area contributed by atoms with Gasteiger partial charge < -0.3 is 10.4 Å². The first-order valence-electron chi connectivity index (χ1n) is 5.42. The number of hydrogen-bond acceptors (Lipinski definition) is 4. The van der Waals surface area contributed by atoms with Crippen molar-refractivity contribution in [2.45, 2.75) is 19.3 Å². The van der Waals surface area contributed by atoms with Crippen molar-refractivity contribution in [3.8, 4) is 0 Å². The molecule has 0 aliphatic carbocycles. The predicted molar refractivity (Wildman–Crippen MR) is 56.9 cm³/mol. The lowest BCUT2D eigenvalue weighted by Gasteiger charge is -2.32. The fraction of sp³-hybridized carbons (Fsp3) is 0.700. The van der Waals surface area contributed by atoms with Crippen LogP contribution in [0.4, 0.5) is 0 Å². The van der Waals surface area contributed by atoms with Crippen LogP contribution in [0.15, 0.2) is 6.20 Å². The number of aliphatic carboxylic acids is 1. The first kappa shape index (κ1) is 11.1. The van der Waals surface area contributed by atoms with Gasteiger partial charge in [-0.15, -0.1) is 5.10 Å². The molecule has 1 fully saturated rings. The van der Waals surface area contributed by atoms with Crippen molar-refractivity contribution >= 4 is 5.97 Å². The molecule has 88 valence electrons. The van der Waals surface area contributed by atoms with Gasteiger partial charge in [-0.25, -0.2) is 0 Å². The number of hydrogen-bond donors (Lipinski definition) is 2. The highest BCUT2D eigenvalue weighted by molar-refractivity contribution is 5.75. The molecule has 0 radical (unpaired) electrons. The van der Waals surface area contributed by atoms with Crippen molar-refractivity contribution in [1.82, 2.24) is 20.3 Å². The van der Waals surface area contributed by atoms with Crippen LogP contribution in [0.5, 0.6) is 0 Å². The summed E-state index contributed by atoms with van der Waals surface area (Å²) >= 11 is 0. The van der Waals surface area contributed by atoms with Crippen LogP contribution >= 0.6 is 0 Å². The van der Waals surface area contributed by atoms with E-state index in [1.165, 1.54) is 0 Å². The normalized spacial score (nSPS) is 19.6. The van der Waals surface area contributed by atoms with Crippen LogP contribution in [0.3, 0.4) is 0 Å². The number of rotatable bonds is 3. The fourth-order valence-corrected chi connectivity index (χ4v) is 2.19.